The van der Waals surface area contributed by atoms with Gasteiger partial charge in [-0.2, -0.15) is 0 Å². The highest BCUT2D eigenvalue weighted by Crippen LogP contribution is 2.23. The average Bonchev–Trinajstić information content (AvgIpc) is 2.87. The van der Waals surface area contributed by atoms with Crippen LogP contribution in [0, 0.1) is 0 Å². The zero-order valence-corrected chi connectivity index (χ0v) is 11.8. The third kappa shape index (κ3) is 3.78. The van der Waals surface area contributed by atoms with Gasteiger partial charge >= 0.3 is 0 Å². The van der Waals surface area contributed by atoms with Crippen LogP contribution in [0.15, 0.2) is 10.6 Å². The molecule has 2 rings (SSSR count). The van der Waals surface area contributed by atoms with E-state index in [1.807, 2.05) is 25.7 Å². The zero-order chi connectivity index (χ0) is 14.0. The second kappa shape index (κ2) is 5.30. The summed E-state index contributed by atoms with van der Waals surface area (Å²) in [5.74, 6) is 0.309. The molecule has 19 heavy (non-hydrogen) atoms. The number of nitrogens with one attached hydrogen (secondary N) is 1. The minimum absolute atomic E-state index is 0.0891. The maximum absolute atomic E-state index is 11.9. The van der Waals surface area contributed by atoms with Gasteiger partial charge in [0.15, 0.2) is 0 Å². The van der Waals surface area contributed by atoms with Crippen LogP contribution in [0.1, 0.15) is 32.9 Å². The summed E-state index contributed by atoms with van der Waals surface area (Å²) in [6.45, 7) is 8.13. The third-order valence-corrected chi connectivity index (χ3v) is 3.22. The fourth-order valence-electron chi connectivity index (χ4n) is 2.07. The molecule has 1 aromatic heterocycles. The SMILES string of the molecule is CC(C)(C)c1cc(NC(=O)CN2CCC(N)C2)on1. The van der Waals surface area contributed by atoms with Crippen LogP contribution in [-0.2, 0) is 10.2 Å². The Labute approximate surface area is 113 Å². The van der Waals surface area contributed by atoms with Gasteiger partial charge in [-0.25, -0.2) is 0 Å². The van der Waals surface area contributed by atoms with E-state index in [2.05, 4.69) is 10.5 Å². The molecule has 3 N–H and O–H groups in total. The summed E-state index contributed by atoms with van der Waals surface area (Å²) in [6.07, 6.45) is 0.948. The van der Waals surface area contributed by atoms with Gasteiger partial charge in [0.05, 0.1) is 12.2 Å². The number of hydrogen-bond donors (Lipinski definition) is 2. The van der Waals surface area contributed by atoms with Crippen molar-refractivity contribution >= 4 is 11.8 Å². The average molecular weight is 266 g/mol. The molecule has 0 spiro atoms. The van der Waals surface area contributed by atoms with Crippen molar-refractivity contribution < 1.29 is 9.32 Å². The molecule has 6 heteroatoms. The van der Waals surface area contributed by atoms with E-state index in [-0.39, 0.29) is 17.4 Å². The van der Waals surface area contributed by atoms with Crippen LogP contribution in [0.25, 0.3) is 0 Å². The Hall–Kier alpha value is -1.40. The molecule has 1 atom stereocenters. The van der Waals surface area contributed by atoms with Crippen molar-refractivity contribution in [2.45, 2.75) is 38.6 Å². The molecule has 0 aliphatic carbocycles. The van der Waals surface area contributed by atoms with Crippen molar-refractivity contribution in [2.24, 2.45) is 5.73 Å². The molecule has 2 heterocycles. The van der Waals surface area contributed by atoms with Crippen LogP contribution in [0.4, 0.5) is 5.88 Å². The predicted molar refractivity (Wildman–Crippen MR) is 72.9 cm³/mol. The molecule has 1 amide bonds. The molecule has 1 aliphatic rings. The summed E-state index contributed by atoms with van der Waals surface area (Å²) in [5.41, 5.74) is 6.54. The molecule has 0 radical (unpaired) electrons. The Morgan fingerprint density at radius 2 is 2.37 bits per heavy atom. The number of nitrogens with two attached hydrogens (primary N) is 1. The molecule has 6 nitrogen and oxygen atoms in total. The molecule has 0 saturated carbocycles. The lowest BCUT2D eigenvalue weighted by Crippen LogP contribution is -2.33. The standard InChI is InChI=1S/C13H22N4O2/c1-13(2,3)10-6-12(19-16-10)15-11(18)8-17-5-4-9(14)7-17/h6,9H,4-5,7-8,14H2,1-3H3,(H,15,18). The molecule has 1 aliphatic heterocycles. The first-order chi connectivity index (χ1) is 8.84. The van der Waals surface area contributed by atoms with Gasteiger partial charge < -0.3 is 10.3 Å². The van der Waals surface area contributed by atoms with Crippen LogP contribution >= 0.6 is 0 Å². The van der Waals surface area contributed by atoms with Crippen molar-refractivity contribution in [3.63, 3.8) is 0 Å². The van der Waals surface area contributed by atoms with E-state index in [0.29, 0.717) is 12.4 Å². The van der Waals surface area contributed by atoms with E-state index in [1.54, 1.807) is 6.07 Å². The summed E-state index contributed by atoms with van der Waals surface area (Å²) >= 11 is 0. The van der Waals surface area contributed by atoms with Gasteiger partial charge in [-0.05, 0) is 6.42 Å². The smallest absolute Gasteiger partial charge is 0.240 e. The Bertz CT molecular complexity index is 450. The molecule has 1 aromatic rings. The number of hydrogen-bond acceptors (Lipinski definition) is 5. The monoisotopic (exact) mass is 266 g/mol. The molecule has 1 unspecified atom stereocenters. The number of anilines is 1. The van der Waals surface area contributed by atoms with E-state index in [0.717, 1.165) is 25.2 Å². The number of rotatable bonds is 3. The highest BCUT2D eigenvalue weighted by molar-refractivity contribution is 5.91. The lowest BCUT2D eigenvalue weighted by molar-refractivity contribution is -0.117. The summed E-state index contributed by atoms with van der Waals surface area (Å²) in [7, 11) is 0. The fraction of sp³-hybridized carbons (Fsp3) is 0.692. The topological polar surface area (TPSA) is 84.4 Å². The Balaban J connectivity index is 1.87. The van der Waals surface area contributed by atoms with Crippen molar-refractivity contribution in [3.05, 3.63) is 11.8 Å². The first-order valence-electron chi connectivity index (χ1n) is 6.59. The quantitative estimate of drug-likeness (QED) is 0.850. The molecular weight excluding hydrogens is 244 g/mol. The van der Waals surface area contributed by atoms with Crippen LogP contribution in [0.5, 0.6) is 0 Å². The molecule has 0 aromatic carbocycles. The van der Waals surface area contributed by atoms with E-state index < -0.39 is 0 Å². The first-order valence-corrected chi connectivity index (χ1v) is 6.59. The van der Waals surface area contributed by atoms with Gasteiger partial charge in [-0.1, -0.05) is 25.9 Å². The van der Waals surface area contributed by atoms with Crippen LogP contribution in [0.2, 0.25) is 0 Å². The minimum Gasteiger partial charge on any atom is -0.338 e. The van der Waals surface area contributed by atoms with E-state index in [4.69, 9.17) is 10.3 Å². The van der Waals surface area contributed by atoms with Crippen LogP contribution in [0.3, 0.4) is 0 Å². The Morgan fingerprint density at radius 3 is 2.89 bits per heavy atom. The maximum atomic E-state index is 11.9. The second-order valence-electron chi connectivity index (χ2n) is 6.16. The largest absolute Gasteiger partial charge is 0.338 e. The molecule has 1 fully saturated rings. The third-order valence-electron chi connectivity index (χ3n) is 3.22. The number of nitrogens with zero attached hydrogens (tertiary/aromatic N) is 2. The van der Waals surface area contributed by atoms with Gasteiger partial charge in [-0.15, -0.1) is 0 Å². The van der Waals surface area contributed by atoms with Gasteiger partial charge in [0.1, 0.15) is 0 Å². The predicted octanol–water partition coefficient (Wildman–Crippen LogP) is 0.944. The van der Waals surface area contributed by atoms with E-state index >= 15 is 0 Å². The first kappa shape index (κ1) is 14.0. The van der Waals surface area contributed by atoms with E-state index in [9.17, 15) is 4.79 Å². The maximum Gasteiger partial charge on any atom is 0.240 e. The lowest BCUT2D eigenvalue weighted by Gasteiger charge is -2.13. The lowest BCUT2D eigenvalue weighted by atomic mass is 9.92. The normalized spacial score (nSPS) is 20.7. The highest BCUT2D eigenvalue weighted by atomic mass is 16.5. The number of likely N-dealkylation sites (tertiary alicyclic amines) is 1. The molecular formula is C13H22N4O2. The van der Waals surface area contributed by atoms with Gasteiger partial charge in [0.25, 0.3) is 0 Å². The van der Waals surface area contributed by atoms with Crippen molar-refractivity contribution in [1.82, 2.24) is 10.1 Å². The summed E-state index contributed by atoms with van der Waals surface area (Å²) in [5, 5.41) is 6.69. The molecule has 106 valence electrons. The zero-order valence-electron chi connectivity index (χ0n) is 11.8. The van der Waals surface area contributed by atoms with Gasteiger partial charge in [-0.3, -0.25) is 15.0 Å². The summed E-state index contributed by atoms with van der Waals surface area (Å²) < 4.78 is 5.12. The highest BCUT2D eigenvalue weighted by Gasteiger charge is 2.23. The summed E-state index contributed by atoms with van der Waals surface area (Å²) in [4.78, 5) is 13.9. The van der Waals surface area contributed by atoms with E-state index in [1.165, 1.54) is 0 Å². The fourth-order valence-corrected chi connectivity index (χ4v) is 2.07. The minimum atomic E-state index is -0.0919. The number of carbonyl (C=O) groups excluding carboxylic acids is 1. The Kier molecular flexibility index (Phi) is 3.91. The van der Waals surface area contributed by atoms with Crippen LogP contribution in [-0.4, -0.2) is 41.6 Å². The van der Waals surface area contributed by atoms with Crippen molar-refractivity contribution in [3.8, 4) is 0 Å². The van der Waals surface area contributed by atoms with Crippen LogP contribution < -0.4 is 11.1 Å². The van der Waals surface area contributed by atoms with Crippen molar-refractivity contribution in [2.75, 3.05) is 25.0 Å². The van der Waals surface area contributed by atoms with Crippen molar-refractivity contribution in [1.29, 1.82) is 0 Å². The number of aromatic nitrogens is 1. The number of carbonyl (C=O) groups is 1. The van der Waals surface area contributed by atoms with Gasteiger partial charge in [0.2, 0.25) is 11.8 Å². The molecule has 1 saturated heterocycles. The Morgan fingerprint density at radius 1 is 1.63 bits per heavy atom. The van der Waals surface area contributed by atoms with Gasteiger partial charge in [0, 0.05) is 30.6 Å². The number of amides is 1. The molecule has 0 bridgehead atoms. The second-order valence-corrected chi connectivity index (χ2v) is 6.16. The summed E-state index contributed by atoms with van der Waals surface area (Å²) in [6, 6.07) is 1.96.